The minimum absolute atomic E-state index is 0.154. The standard InChI is InChI=1S/C23H26N4OS/c28-22(21-16-25-23(29)27(21)20-7-3-1-4-8-20)24-15-18-9-11-19(12-10-18)17-26-13-5-2-6-14-26/h1,3-4,7-12,16H,2,5-6,13-15,17H2,(H,24,28)(H,25,29). The van der Waals surface area contributed by atoms with Crippen LogP contribution in [0.4, 0.5) is 0 Å². The molecule has 1 aliphatic rings. The molecule has 2 heterocycles. The molecule has 1 amide bonds. The maximum Gasteiger partial charge on any atom is 0.270 e. The van der Waals surface area contributed by atoms with Crippen LogP contribution in [-0.4, -0.2) is 33.4 Å². The number of hydrogen-bond acceptors (Lipinski definition) is 3. The number of rotatable bonds is 6. The third kappa shape index (κ3) is 4.83. The van der Waals surface area contributed by atoms with Crippen molar-refractivity contribution in [2.45, 2.75) is 32.4 Å². The lowest BCUT2D eigenvalue weighted by molar-refractivity contribution is 0.0944. The lowest BCUT2D eigenvalue weighted by Gasteiger charge is -2.26. The van der Waals surface area contributed by atoms with Crippen LogP contribution in [0.5, 0.6) is 0 Å². The van der Waals surface area contributed by atoms with Gasteiger partial charge in [-0.2, -0.15) is 0 Å². The second kappa shape index (κ2) is 9.20. The number of carbonyl (C=O) groups excluding carboxylic acids is 1. The van der Waals surface area contributed by atoms with Crippen molar-refractivity contribution in [2.75, 3.05) is 13.1 Å². The van der Waals surface area contributed by atoms with Gasteiger partial charge in [0.05, 0.1) is 0 Å². The molecule has 150 valence electrons. The molecule has 0 aliphatic carbocycles. The van der Waals surface area contributed by atoms with E-state index in [1.54, 1.807) is 10.8 Å². The first kappa shape index (κ1) is 19.6. The molecule has 0 saturated carbocycles. The van der Waals surface area contributed by atoms with Gasteiger partial charge in [-0.1, -0.05) is 48.9 Å². The van der Waals surface area contributed by atoms with Gasteiger partial charge < -0.3 is 10.3 Å². The van der Waals surface area contributed by atoms with Crippen LogP contribution in [-0.2, 0) is 13.1 Å². The molecule has 0 radical (unpaired) electrons. The van der Waals surface area contributed by atoms with Crippen LogP contribution in [0.3, 0.4) is 0 Å². The lowest BCUT2D eigenvalue weighted by Crippen LogP contribution is -2.29. The van der Waals surface area contributed by atoms with Crippen molar-refractivity contribution in [2.24, 2.45) is 0 Å². The summed E-state index contributed by atoms with van der Waals surface area (Å²) < 4.78 is 2.26. The molecule has 0 unspecified atom stereocenters. The molecule has 5 nitrogen and oxygen atoms in total. The zero-order valence-corrected chi connectivity index (χ0v) is 17.3. The Kier molecular flexibility index (Phi) is 6.22. The van der Waals surface area contributed by atoms with E-state index < -0.39 is 0 Å². The number of amides is 1. The van der Waals surface area contributed by atoms with Gasteiger partial charge in [0.1, 0.15) is 5.69 Å². The average Bonchev–Trinajstić information content (AvgIpc) is 3.16. The molecule has 29 heavy (non-hydrogen) atoms. The van der Waals surface area contributed by atoms with Gasteiger partial charge in [0.2, 0.25) is 0 Å². The van der Waals surface area contributed by atoms with Crippen LogP contribution >= 0.6 is 12.2 Å². The topological polar surface area (TPSA) is 53.1 Å². The number of benzene rings is 2. The highest BCUT2D eigenvalue weighted by Gasteiger charge is 2.14. The first-order valence-corrected chi connectivity index (χ1v) is 10.6. The van der Waals surface area contributed by atoms with E-state index in [1.807, 2.05) is 30.3 Å². The van der Waals surface area contributed by atoms with E-state index in [4.69, 9.17) is 12.2 Å². The summed E-state index contributed by atoms with van der Waals surface area (Å²) in [6.07, 6.45) is 5.62. The molecule has 0 spiro atoms. The van der Waals surface area contributed by atoms with Crippen molar-refractivity contribution in [1.29, 1.82) is 0 Å². The first-order chi connectivity index (χ1) is 14.2. The van der Waals surface area contributed by atoms with Crippen LogP contribution in [0.2, 0.25) is 0 Å². The smallest absolute Gasteiger partial charge is 0.270 e. The number of piperidine rings is 1. The molecule has 2 aromatic carbocycles. The lowest BCUT2D eigenvalue weighted by atomic mass is 10.1. The number of nitrogens with zero attached hydrogens (tertiary/aromatic N) is 2. The van der Waals surface area contributed by atoms with Crippen LogP contribution in [0.25, 0.3) is 5.69 Å². The quantitative estimate of drug-likeness (QED) is 0.595. The highest BCUT2D eigenvalue weighted by atomic mass is 32.1. The maximum atomic E-state index is 12.8. The number of imidazole rings is 1. The fraction of sp³-hybridized carbons (Fsp3) is 0.304. The minimum atomic E-state index is -0.154. The van der Waals surface area contributed by atoms with Crippen LogP contribution in [0.1, 0.15) is 40.9 Å². The zero-order valence-electron chi connectivity index (χ0n) is 16.4. The number of nitrogens with one attached hydrogen (secondary N) is 2. The number of likely N-dealkylation sites (tertiary alicyclic amines) is 1. The predicted molar refractivity (Wildman–Crippen MR) is 118 cm³/mol. The van der Waals surface area contributed by atoms with Gasteiger partial charge in [-0.15, -0.1) is 0 Å². The van der Waals surface area contributed by atoms with E-state index in [0.29, 0.717) is 17.0 Å². The van der Waals surface area contributed by atoms with Gasteiger partial charge in [0.15, 0.2) is 4.77 Å². The summed E-state index contributed by atoms with van der Waals surface area (Å²) in [4.78, 5) is 18.2. The summed E-state index contributed by atoms with van der Waals surface area (Å²) in [5, 5.41) is 3.00. The third-order valence-electron chi connectivity index (χ3n) is 5.35. The minimum Gasteiger partial charge on any atom is -0.347 e. The fourth-order valence-corrected chi connectivity index (χ4v) is 4.04. The molecule has 6 heteroatoms. The molecule has 1 aromatic heterocycles. The van der Waals surface area contributed by atoms with Crippen molar-refractivity contribution in [3.05, 3.63) is 82.4 Å². The zero-order chi connectivity index (χ0) is 20.1. The van der Waals surface area contributed by atoms with Crippen LogP contribution in [0, 0.1) is 4.77 Å². The van der Waals surface area contributed by atoms with Crippen molar-refractivity contribution in [3.63, 3.8) is 0 Å². The largest absolute Gasteiger partial charge is 0.347 e. The summed E-state index contributed by atoms with van der Waals surface area (Å²) in [7, 11) is 0. The Morgan fingerprint density at radius 2 is 1.66 bits per heavy atom. The number of aromatic amines is 1. The Hall–Kier alpha value is -2.70. The van der Waals surface area contributed by atoms with E-state index in [2.05, 4.69) is 39.5 Å². The molecule has 1 aliphatic heterocycles. The predicted octanol–water partition coefficient (Wildman–Crippen LogP) is 4.45. The highest BCUT2D eigenvalue weighted by Crippen LogP contribution is 2.15. The van der Waals surface area contributed by atoms with E-state index in [0.717, 1.165) is 17.8 Å². The Morgan fingerprint density at radius 3 is 2.38 bits per heavy atom. The van der Waals surface area contributed by atoms with Crippen molar-refractivity contribution in [1.82, 2.24) is 19.8 Å². The molecule has 0 bridgehead atoms. The summed E-state index contributed by atoms with van der Waals surface area (Å²) in [5.41, 5.74) is 3.78. The summed E-state index contributed by atoms with van der Waals surface area (Å²) >= 11 is 5.36. The van der Waals surface area contributed by atoms with Crippen molar-refractivity contribution < 1.29 is 4.79 Å². The second-order valence-corrected chi connectivity index (χ2v) is 7.87. The molecule has 2 N–H and O–H groups in total. The van der Waals surface area contributed by atoms with Crippen LogP contribution in [0.15, 0.2) is 60.8 Å². The van der Waals surface area contributed by atoms with Gasteiger partial charge in [-0.25, -0.2) is 0 Å². The molecule has 4 rings (SSSR count). The fourth-order valence-electron chi connectivity index (χ4n) is 3.78. The Balaban J connectivity index is 1.38. The summed E-state index contributed by atoms with van der Waals surface area (Å²) in [6, 6.07) is 18.2. The molecular weight excluding hydrogens is 380 g/mol. The first-order valence-electron chi connectivity index (χ1n) is 10.1. The van der Waals surface area contributed by atoms with Crippen molar-refractivity contribution >= 4 is 18.1 Å². The summed E-state index contributed by atoms with van der Waals surface area (Å²) in [6.45, 7) is 3.88. The number of aromatic nitrogens is 2. The Morgan fingerprint density at radius 1 is 0.966 bits per heavy atom. The number of H-pyrrole nitrogens is 1. The van der Waals surface area contributed by atoms with Gasteiger partial charge in [0, 0.05) is 25.0 Å². The SMILES string of the molecule is O=C(NCc1ccc(CN2CCCCC2)cc1)c1c[nH]c(=S)n1-c1ccccc1. The highest BCUT2D eigenvalue weighted by molar-refractivity contribution is 7.71. The van der Waals surface area contributed by atoms with E-state index in [1.165, 1.54) is 37.9 Å². The molecule has 1 saturated heterocycles. The van der Waals surface area contributed by atoms with E-state index >= 15 is 0 Å². The number of para-hydroxylation sites is 1. The van der Waals surface area contributed by atoms with Gasteiger partial charge in [-0.3, -0.25) is 14.3 Å². The molecule has 3 aromatic rings. The average molecular weight is 407 g/mol. The maximum absolute atomic E-state index is 12.8. The monoisotopic (exact) mass is 406 g/mol. The van der Waals surface area contributed by atoms with Gasteiger partial charge >= 0.3 is 0 Å². The van der Waals surface area contributed by atoms with E-state index in [9.17, 15) is 4.79 Å². The Labute approximate surface area is 176 Å². The summed E-state index contributed by atoms with van der Waals surface area (Å²) in [5.74, 6) is -0.154. The molecule has 0 atom stereocenters. The molecular formula is C23H26N4OS. The van der Waals surface area contributed by atoms with Crippen molar-refractivity contribution in [3.8, 4) is 5.69 Å². The number of carbonyl (C=O) groups is 1. The normalized spacial score (nSPS) is 14.6. The second-order valence-electron chi connectivity index (χ2n) is 7.49. The third-order valence-corrected chi connectivity index (χ3v) is 5.65. The van der Waals surface area contributed by atoms with Crippen LogP contribution < -0.4 is 5.32 Å². The molecule has 1 fully saturated rings. The van der Waals surface area contributed by atoms with Gasteiger partial charge in [-0.05, 0) is 61.4 Å². The van der Waals surface area contributed by atoms with Gasteiger partial charge in [0.25, 0.3) is 5.91 Å². The number of hydrogen-bond donors (Lipinski definition) is 2. The van der Waals surface area contributed by atoms with E-state index in [-0.39, 0.29) is 5.91 Å². The Bertz CT molecular complexity index is 1000.